The van der Waals surface area contributed by atoms with Crippen molar-refractivity contribution < 1.29 is 5.32 Å². The Bertz CT molecular complexity index is 371. The van der Waals surface area contributed by atoms with Crippen molar-refractivity contribution in [3.05, 3.63) is 33.8 Å². The van der Waals surface area contributed by atoms with Crippen LogP contribution in [0.5, 0.6) is 0 Å². The number of quaternary nitrogens is 1. The fourth-order valence-corrected chi connectivity index (χ4v) is 3.19. The highest BCUT2D eigenvalue weighted by molar-refractivity contribution is 6.35. The van der Waals surface area contributed by atoms with E-state index in [0.29, 0.717) is 0 Å². The van der Waals surface area contributed by atoms with E-state index in [1.54, 1.807) is 0 Å². The highest BCUT2D eigenvalue weighted by Gasteiger charge is 2.14. The van der Waals surface area contributed by atoms with Gasteiger partial charge in [0.05, 0.1) is 11.1 Å². The maximum absolute atomic E-state index is 6.20. The molecule has 0 radical (unpaired) electrons. The summed E-state index contributed by atoms with van der Waals surface area (Å²) in [6.07, 6.45) is 9.72. The Morgan fingerprint density at radius 1 is 1.00 bits per heavy atom. The highest BCUT2D eigenvalue weighted by atomic mass is 35.5. The van der Waals surface area contributed by atoms with Gasteiger partial charge in [-0.05, 0) is 37.8 Å². The smallest absolute Gasteiger partial charge is 0.103 e. The van der Waals surface area contributed by atoms with Crippen LogP contribution in [0.4, 0.5) is 0 Å². The van der Waals surface area contributed by atoms with E-state index in [2.05, 4.69) is 5.32 Å². The van der Waals surface area contributed by atoms with Gasteiger partial charge < -0.3 is 5.32 Å². The summed E-state index contributed by atoms with van der Waals surface area (Å²) >= 11 is 12.1. The van der Waals surface area contributed by atoms with Gasteiger partial charge in [-0.3, -0.25) is 0 Å². The van der Waals surface area contributed by atoms with Gasteiger partial charge in [0, 0.05) is 10.6 Å². The fourth-order valence-electron chi connectivity index (χ4n) is 2.70. The number of benzene rings is 1. The number of halogens is 2. The van der Waals surface area contributed by atoms with E-state index in [1.807, 2.05) is 18.2 Å². The van der Waals surface area contributed by atoms with Crippen LogP contribution in [0.1, 0.15) is 50.5 Å². The second-order valence-corrected chi connectivity index (χ2v) is 6.12. The van der Waals surface area contributed by atoms with E-state index in [0.717, 1.165) is 22.6 Å². The predicted octanol–water partition coefficient (Wildman–Crippen LogP) is 4.17. The molecule has 1 fully saturated rings. The van der Waals surface area contributed by atoms with Gasteiger partial charge in [0.1, 0.15) is 6.54 Å². The van der Waals surface area contributed by atoms with Crippen LogP contribution in [-0.2, 0) is 6.54 Å². The molecule has 1 saturated carbocycles. The molecular formula is C15H22Cl2N+. The quantitative estimate of drug-likeness (QED) is 0.859. The zero-order valence-electron chi connectivity index (χ0n) is 10.8. The van der Waals surface area contributed by atoms with Crippen LogP contribution < -0.4 is 5.32 Å². The van der Waals surface area contributed by atoms with Crippen LogP contribution in [0.2, 0.25) is 10.0 Å². The number of hydrogen-bond acceptors (Lipinski definition) is 0. The first-order chi connectivity index (χ1) is 8.75. The summed E-state index contributed by atoms with van der Waals surface area (Å²) in [5, 5.41) is 3.97. The average molecular weight is 287 g/mol. The van der Waals surface area contributed by atoms with E-state index in [9.17, 15) is 0 Å². The van der Waals surface area contributed by atoms with Gasteiger partial charge in [0.15, 0.2) is 0 Å². The molecule has 1 nitrogen and oxygen atoms in total. The minimum absolute atomic E-state index is 0.717. The zero-order chi connectivity index (χ0) is 12.8. The Morgan fingerprint density at radius 2 is 1.67 bits per heavy atom. The number of nitrogens with two attached hydrogens (primary N) is 1. The molecule has 100 valence electrons. The van der Waals surface area contributed by atoms with Crippen molar-refractivity contribution in [2.24, 2.45) is 0 Å². The molecule has 1 aromatic carbocycles. The van der Waals surface area contributed by atoms with Crippen molar-refractivity contribution in [1.82, 2.24) is 0 Å². The Morgan fingerprint density at radius 3 is 2.33 bits per heavy atom. The third-order valence-electron chi connectivity index (χ3n) is 3.84. The summed E-state index contributed by atoms with van der Waals surface area (Å²) in [6, 6.07) is 6.58. The van der Waals surface area contributed by atoms with Crippen molar-refractivity contribution in [1.29, 1.82) is 0 Å². The Labute approximate surface area is 120 Å². The Kier molecular flexibility index (Phi) is 5.81. The lowest BCUT2D eigenvalue weighted by Crippen LogP contribution is -2.88. The van der Waals surface area contributed by atoms with Crippen LogP contribution in [0.3, 0.4) is 0 Å². The molecule has 3 heteroatoms. The minimum atomic E-state index is 0.717. The van der Waals surface area contributed by atoms with Crippen molar-refractivity contribution in [3.63, 3.8) is 0 Å². The molecule has 1 aliphatic carbocycles. The zero-order valence-corrected chi connectivity index (χ0v) is 12.3. The van der Waals surface area contributed by atoms with E-state index in [4.69, 9.17) is 23.2 Å². The van der Waals surface area contributed by atoms with Crippen LogP contribution in [0, 0.1) is 0 Å². The monoisotopic (exact) mass is 286 g/mol. The normalized spacial score (nSPS) is 18.3. The lowest BCUT2D eigenvalue weighted by Gasteiger charge is -2.18. The van der Waals surface area contributed by atoms with Gasteiger partial charge in [-0.1, -0.05) is 48.5 Å². The lowest BCUT2D eigenvalue weighted by molar-refractivity contribution is -0.706. The largest absolute Gasteiger partial charge is 0.340 e. The fraction of sp³-hybridized carbons (Fsp3) is 0.600. The molecule has 0 atom stereocenters. The molecule has 2 N–H and O–H groups in total. The summed E-state index contributed by atoms with van der Waals surface area (Å²) in [7, 11) is 0. The molecule has 0 saturated heterocycles. The summed E-state index contributed by atoms with van der Waals surface area (Å²) in [5.41, 5.74) is 1.20. The standard InChI is InChI=1S/C15H21Cl2N/c16-13-9-8-12(15(17)10-13)11-18-14-6-4-2-1-3-5-7-14/h8-10,14,18H,1-7,11H2/p+1. The average Bonchev–Trinajstić information content (AvgIpc) is 2.29. The first-order valence-corrected chi connectivity index (χ1v) is 7.78. The predicted molar refractivity (Wildman–Crippen MR) is 78.2 cm³/mol. The summed E-state index contributed by atoms with van der Waals surface area (Å²) in [6.45, 7) is 0.973. The molecular weight excluding hydrogens is 265 g/mol. The third-order valence-corrected chi connectivity index (χ3v) is 4.42. The van der Waals surface area contributed by atoms with E-state index >= 15 is 0 Å². The molecule has 0 aromatic heterocycles. The molecule has 0 aliphatic heterocycles. The van der Waals surface area contributed by atoms with Gasteiger partial charge in [-0.2, -0.15) is 0 Å². The summed E-state index contributed by atoms with van der Waals surface area (Å²) < 4.78 is 0. The van der Waals surface area contributed by atoms with Crippen molar-refractivity contribution >= 4 is 23.2 Å². The molecule has 1 aliphatic rings. The first kappa shape index (κ1) is 14.2. The molecule has 18 heavy (non-hydrogen) atoms. The molecule has 0 amide bonds. The second kappa shape index (κ2) is 7.37. The maximum Gasteiger partial charge on any atom is 0.103 e. The SMILES string of the molecule is Clc1ccc(C[NH2+]C2CCCCCCC2)c(Cl)c1. The van der Waals surface area contributed by atoms with Gasteiger partial charge >= 0.3 is 0 Å². The lowest BCUT2D eigenvalue weighted by atomic mass is 9.96. The molecule has 0 heterocycles. The maximum atomic E-state index is 6.20. The molecule has 1 aromatic rings. The Hall–Kier alpha value is -0.240. The minimum Gasteiger partial charge on any atom is -0.340 e. The number of hydrogen-bond donors (Lipinski definition) is 1. The van der Waals surface area contributed by atoms with E-state index < -0.39 is 0 Å². The van der Waals surface area contributed by atoms with Gasteiger partial charge in [0.2, 0.25) is 0 Å². The van der Waals surface area contributed by atoms with Crippen molar-refractivity contribution in [3.8, 4) is 0 Å². The van der Waals surface area contributed by atoms with Gasteiger partial charge in [0.25, 0.3) is 0 Å². The molecule has 0 unspecified atom stereocenters. The molecule has 2 rings (SSSR count). The van der Waals surface area contributed by atoms with Crippen molar-refractivity contribution in [2.75, 3.05) is 0 Å². The second-order valence-electron chi connectivity index (χ2n) is 5.28. The van der Waals surface area contributed by atoms with Gasteiger partial charge in [-0.15, -0.1) is 0 Å². The topological polar surface area (TPSA) is 16.6 Å². The summed E-state index contributed by atoms with van der Waals surface area (Å²) in [5.74, 6) is 0. The van der Waals surface area contributed by atoms with Gasteiger partial charge in [-0.25, -0.2) is 0 Å². The molecule has 0 spiro atoms. The van der Waals surface area contributed by atoms with E-state index in [1.165, 1.54) is 50.5 Å². The highest BCUT2D eigenvalue weighted by Crippen LogP contribution is 2.20. The van der Waals surface area contributed by atoms with Crippen LogP contribution in [0.15, 0.2) is 18.2 Å². The van der Waals surface area contributed by atoms with E-state index in [-0.39, 0.29) is 0 Å². The van der Waals surface area contributed by atoms with Crippen molar-refractivity contribution in [2.45, 2.75) is 57.5 Å². The summed E-state index contributed by atoms with van der Waals surface area (Å²) in [4.78, 5) is 0. The Balaban J connectivity index is 1.85. The first-order valence-electron chi connectivity index (χ1n) is 7.03. The third kappa shape index (κ3) is 4.46. The molecule has 0 bridgehead atoms. The van der Waals surface area contributed by atoms with Crippen LogP contribution in [0.25, 0.3) is 0 Å². The van der Waals surface area contributed by atoms with Crippen LogP contribution >= 0.6 is 23.2 Å². The number of rotatable bonds is 3. The van der Waals surface area contributed by atoms with Crippen LogP contribution in [-0.4, -0.2) is 6.04 Å².